The molecule has 0 heterocycles. The van der Waals surface area contributed by atoms with Gasteiger partial charge in [-0.1, -0.05) is 29.3 Å². The zero-order valence-electron chi connectivity index (χ0n) is 9.95. The van der Waals surface area contributed by atoms with Gasteiger partial charge >= 0.3 is 0 Å². The Labute approximate surface area is 121 Å². The van der Waals surface area contributed by atoms with Gasteiger partial charge < -0.3 is 10.4 Å². The maximum Gasteiger partial charge on any atom is 0.230 e. The van der Waals surface area contributed by atoms with Crippen LogP contribution < -0.4 is 5.32 Å². The van der Waals surface area contributed by atoms with Gasteiger partial charge in [-0.2, -0.15) is 0 Å². The minimum Gasteiger partial charge on any atom is -0.396 e. The molecule has 0 aromatic heterocycles. The Morgan fingerprint density at radius 2 is 2.22 bits per heavy atom. The largest absolute Gasteiger partial charge is 0.396 e. The van der Waals surface area contributed by atoms with Crippen molar-refractivity contribution in [1.29, 1.82) is 0 Å². The Morgan fingerprint density at radius 1 is 1.50 bits per heavy atom. The predicted octanol–water partition coefficient (Wildman–Crippen LogP) is 2.90. The zero-order valence-corrected chi connectivity index (χ0v) is 12.3. The van der Waals surface area contributed by atoms with Crippen LogP contribution in [0, 0.1) is 0 Å². The van der Waals surface area contributed by atoms with Crippen LogP contribution in [0.5, 0.6) is 0 Å². The van der Waals surface area contributed by atoms with Gasteiger partial charge in [-0.05, 0) is 24.6 Å². The number of rotatable bonds is 6. The molecule has 3 nitrogen and oxygen atoms in total. The summed E-state index contributed by atoms with van der Waals surface area (Å²) in [5.41, 5.74) is 0.835. The van der Waals surface area contributed by atoms with Crippen LogP contribution >= 0.6 is 35.0 Å². The average molecular weight is 308 g/mol. The average Bonchev–Trinajstić information content (AvgIpc) is 2.28. The smallest absolute Gasteiger partial charge is 0.230 e. The van der Waals surface area contributed by atoms with Gasteiger partial charge in [0.1, 0.15) is 0 Å². The van der Waals surface area contributed by atoms with Crippen molar-refractivity contribution in [3.05, 3.63) is 33.8 Å². The molecule has 6 heteroatoms. The number of halogens is 2. The van der Waals surface area contributed by atoms with Gasteiger partial charge in [0.05, 0.1) is 18.4 Å². The van der Waals surface area contributed by atoms with Crippen LogP contribution in [0.1, 0.15) is 18.5 Å². The van der Waals surface area contributed by atoms with Crippen LogP contribution in [0.15, 0.2) is 18.2 Å². The number of thioether (sulfide) groups is 1. The van der Waals surface area contributed by atoms with E-state index in [1.54, 1.807) is 18.2 Å². The van der Waals surface area contributed by atoms with Gasteiger partial charge in [0.2, 0.25) is 5.91 Å². The van der Waals surface area contributed by atoms with Crippen LogP contribution in [0.3, 0.4) is 0 Å². The van der Waals surface area contributed by atoms with E-state index in [1.807, 2.05) is 6.92 Å². The fourth-order valence-electron chi connectivity index (χ4n) is 1.44. The molecule has 2 N–H and O–H groups in total. The van der Waals surface area contributed by atoms with E-state index in [1.165, 1.54) is 11.8 Å². The number of hydrogen-bond donors (Lipinski definition) is 2. The highest BCUT2D eigenvalue weighted by molar-refractivity contribution is 7.99. The van der Waals surface area contributed by atoms with Gasteiger partial charge in [-0.3, -0.25) is 4.79 Å². The number of carbonyl (C=O) groups is 1. The molecule has 1 atom stereocenters. The number of aliphatic hydroxyl groups is 1. The quantitative estimate of drug-likeness (QED) is 0.795. The lowest BCUT2D eigenvalue weighted by molar-refractivity contribution is -0.119. The number of nitrogens with one attached hydrogen (secondary N) is 1. The van der Waals surface area contributed by atoms with Crippen molar-refractivity contribution in [2.75, 3.05) is 18.1 Å². The van der Waals surface area contributed by atoms with E-state index in [9.17, 15) is 4.79 Å². The van der Waals surface area contributed by atoms with Crippen molar-refractivity contribution in [1.82, 2.24) is 5.32 Å². The van der Waals surface area contributed by atoms with Crippen LogP contribution in [-0.4, -0.2) is 29.1 Å². The third-order valence-electron chi connectivity index (χ3n) is 2.28. The molecule has 0 bridgehead atoms. The van der Waals surface area contributed by atoms with E-state index >= 15 is 0 Å². The molecule has 0 aliphatic heterocycles. The Balaban J connectivity index is 2.54. The van der Waals surface area contributed by atoms with Crippen LogP contribution in [0.25, 0.3) is 0 Å². The number of benzene rings is 1. The van der Waals surface area contributed by atoms with Crippen molar-refractivity contribution in [3.63, 3.8) is 0 Å². The molecule has 1 aromatic carbocycles. The first-order chi connectivity index (χ1) is 8.54. The number of amides is 1. The molecular weight excluding hydrogens is 293 g/mol. The molecule has 0 saturated carbocycles. The van der Waals surface area contributed by atoms with Gasteiger partial charge in [-0.25, -0.2) is 0 Å². The number of aliphatic hydroxyl groups excluding tert-OH is 1. The van der Waals surface area contributed by atoms with Crippen molar-refractivity contribution < 1.29 is 9.90 Å². The molecular formula is C12H15Cl2NO2S. The normalized spacial score (nSPS) is 12.2. The molecule has 0 fully saturated rings. The van der Waals surface area contributed by atoms with Crippen molar-refractivity contribution in [2.45, 2.75) is 13.0 Å². The number of carbonyl (C=O) groups excluding carboxylic acids is 1. The van der Waals surface area contributed by atoms with Crippen LogP contribution in [-0.2, 0) is 4.79 Å². The predicted molar refractivity (Wildman–Crippen MR) is 77.4 cm³/mol. The second kappa shape index (κ2) is 7.89. The summed E-state index contributed by atoms with van der Waals surface area (Å²) in [6, 6.07) is 5.03. The van der Waals surface area contributed by atoms with E-state index in [2.05, 4.69) is 5.32 Å². The van der Waals surface area contributed by atoms with Gasteiger partial charge in [0.15, 0.2) is 0 Å². The summed E-state index contributed by atoms with van der Waals surface area (Å²) in [4.78, 5) is 11.6. The lowest BCUT2D eigenvalue weighted by atomic mass is 10.1. The molecule has 0 unspecified atom stereocenters. The lowest BCUT2D eigenvalue weighted by Gasteiger charge is -2.15. The van der Waals surface area contributed by atoms with E-state index in [4.69, 9.17) is 28.3 Å². The SMILES string of the molecule is C[C@@H](NC(=O)CSCCO)c1ccc(Cl)cc1Cl. The van der Waals surface area contributed by atoms with Crippen LogP contribution in [0.4, 0.5) is 0 Å². The maximum absolute atomic E-state index is 11.6. The Bertz CT molecular complexity index is 415. The van der Waals surface area contributed by atoms with Gasteiger partial charge in [0, 0.05) is 15.8 Å². The third-order valence-corrected chi connectivity index (χ3v) is 3.78. The molecule has 1 amide bonds. The maximum atomic E-state index is 11.6. The first-order valence-electron chi connectivity index (χ1n) is 5.47. The van der Waals surface area contributed by atoms with E-state index in [-0.39, 0.29) is 18.6 Å². The number of hydrogen-bond acceptors (Lipinski definition) is 3. The zero-order chi connectivity index (χ0) is 13.5. The Kier molecular flexibility index (Phi) is 6.86. The van der Waals surface area contributed by atoms with E-state index in [0.717, 1.165) is 5.56 Å². The summed E-state index contributed by atoms with van der Waals surface area (Å²) in [5.74, 6) is 0.812. The highest BCUT2D eigenvalue weighted by Gasteiger charge is 2.12. The molecule has 18 heavy (non-hydrogen) atoms. The standard InChI is InChI=1S/C12H15Cl2NO2S/c1-8(15-12(17)7-18-5-4-16)10-3-2-9(13)6-11(10)14/h2-3,6,8,16H,4-5,7H2,1H3,(H,15,17)/t8-/m1/s1. The van der Waals surface area contributed by atoms with E-state index in [0.29, 0.717) is 21.6 Å². The highest BCUT2D eigenvalue weighted by Crippen LogP contribution is 2.26. The van der Waals surface area contributed by atoms with Crippen molar-refractivity contribution >= 4 is 40.9 Å². The molecule has 0 spiro atoms. The summed E-state index contributed by atoms with van der Waals surface area (Å²) in [5, 5.41) is 12.6. The minimum absolute atomic E-state index is 0.0769. The monoisotopic (exact) mass is 307 g/mol. The molecule has 100 valence electrons. The van der Waals surface area contributed by atoms with Crippen molar-refractivity contribution in [2.24, 2.45) is 0 Å². The first-order valence-corrected chi connectivity index (χ1v) is 7.38. The fraction of sp³-hybridized carbons (Fsp3) is 0.417. The fourth-order valence-corrected chi connectivity index (χ4v) is 2.56. The Morgan fingerprint density at radius 3 is 2.83 bits per heavy atom. The molecule has 0 saturated heterocycles. The summed E-state index contributed by atoms with van der Waals surface area (Å²) in [6.45, 7) is 1.94. The summed E-state index contributed by atoms with van der Waals surface area (Å²) < 4.78 is 0. The summed E-state index contributed by atoms with van der Waals surface area (Å²) >= 11 is 13.3. The molecule has 0 aliphatic carbocycles. The highest BCUT2D eigenvalue weighted by atomic mass is 35.5. The van der Waals surface area contributed by atoms with Gasteiger partial charge in [-0.15, -0.1) is 11.8 Å². The third kappa shape index (κ3) is 5.06. The summed E-state index contributed by atoms with van der Waals surface area (Å²) in [6.07, 6.45) is 0. The Hall–Kier alpha value is -0.420. The molecule has 1 aromatic rings. The molecule has 0 aliphatic rings. The molecule has 0 radical (unpaired) electrons. The minimum atomic E-state index is -0.169. The van der Waals surface area contributed by atoms with Gasteiger partial charge in [0.25, 0.3) is 0 Å². The van der Waals surface area contributed by atoms with Crippen molar-refractivity contribution in [3.8, 4) is 0 Å². The van der Waals surface area contributed by atoms with Crippen LogP contribution in [0.2, 0.25) is 10.0 Å². The second-order valence-corrected chi connectivity index (χ2v) is 5.68. The summed E-state index contributed by atoms with van der Waals surface area (Å²) in [7, 11) is 0. The van der Waals surface area contributed by atoms with E-state index < -0.39 is 0 Å². The first kappa shape index (κ1) is 15.6. The lowest BCUT2D eigenvalue weighted by Crippen LogP contribution is -2.28. The molecule has 1 rings (SSSR count). The second-order valence-electron chi connectivity index (χ2n) is 3.73. The topological polar surface area (TPSA) is 49.3 Å².